The van der Waals surface area contributed by atoms with Gasteiger partial charge in [0.15, 0.2) is 0 Å². The number of hydrogen-bond acceptors (Lipinski definition) is 7. The zero-order chi connectivity index (χ0) is 16.6. The summed E-state index contributed by atoms with van der Waals surface area (Å²) in [5, 5.41) is 4.03. The normalized spacial score (nSPS) is 24.0. The lowest BCUT2D eigenvalue weighted by Crippen LogP contribution is -2.60. The molecule has 0 spiro atoms. The van der Waals surface area contributed by atoms with Gasteiger partial charge in [0, 0.05) is 37.6 Å². The molecular formula is C16H19N5O3. The third kappa shape index (κ3) is 2.52. The molecule has 0 N–H and O–H groups in total. The first-order valence-electron chi connectivity index (χ1n) is 8.10. The Balaban J connectivity index is 1.47. The molecule has 0 saturated carbocycles. The maximum Gasteiger partial charge on any atom is 0.410 e. The fourth-order valence-corrected chi connectivity index (χ4v) is 3.40. The molecule has 24 heavy (non-hydrogen) atoms. The molecule has 8 nitrogen and oxygen atoms in total. The van der Waals surface area contributed by atoms with Crippen LogP contribution in [0.15, 0.2) is 29.0 Å². The van der Waals surface area contributed by atoms with E-state index in [9.17, 15) is 4.79 Å². The summed E-state index contributed by atoms with van der Waals surface area (Å²) < 4.78 is 10.6. The minimum Gasteiger partial charge on any atom is -0.447 e. The summed E-state index contributed by atoms with van der Waals surface area (Å²) in [7, 11) is 0. The molecule has 1 atom stereocenters. The maximum absolute atomic E-state index is 11.8. The number of hydrogen-bond donors (Lipinski definition) is 0. The minimum atomic E-state index is -0.235. The molecule has 8 heteroatoms. The van der Waals surface area contributed by atoms with Crippen LogP contribution >= 0.6 is 0 Å². The Kier molecular flexibility index (Phi) is 3.68. The van der Waals surface area contributed by atoms with Crippen LogP contribution in [0, 0.1) is 0 Å². The highest BCUT2D eigenvalue weighted by atomic mass is 16.6. The van der Waals surface area contributed by atoms with Gasteiger partial charge in [0.25, 0.3) is 0 Å². The van der Waals surface area contributed by atoms with Gasteiger partial charge in [0.2, 0.25) is 11.7 Å². The van der Waals surface area contributed by atoms with Gasteiger partial charge in [0.1, 0.15) is 6.61 Å². The van der Waals surface area contributed by atoms with E-state index in [0.717, 1.165) is 25.1 Å². The summed E-state index contributed by atoms with van der Waals surface area (Å²) in [6, 6.07) is 3.74. The molecule has 2 aliphatic rings. The zero-order valence-electron chi connectivity index (χ0n) is 13.5. The molecule has 4 rings (SSSR count). The predicted octanol–water partition coefficient (Wildman–Crippen LogP) is 1.55. The van der Waals surface area contributed by atoms with Gasteiger partial charge in [-0.05, 0) is 18.6 Å². The third-order valence-corrected chi connectivity index (χ3v) is 4.82. The summed E-state index contributed by atoms with van der Waals surface area (Å²) in [6.07, 6.45) is 4.08. The largest absolute Gasteiger partial charge is 0.447 e. The van der Waals surface area contributed by atoms with Crippen LogP contribution in [-0.2, 0) is 11.3 Å². The molecular weight excluding hydrogens is 310 g/mol. The summed E-state index contributed by atoms with van der Waals surface area (Å²) in [6.45, 7) is 5.28. The predicted molar refractivity (Wildman–Crippen MR) is 83.9 cm³/mol. The Morgan fingerprint density at radius 2 is 2.29 bits per heavy atom. The van der Waals surface area contributed by atoms with E-state index in [2.05, 4.69) is 26.9 Å². The summed E-state index contributed by atoms with van der Waals surface area (Å²) in [4.78, 5) is 24.5. The number of pyridine rings is 1. The van der Waals surface area contributed by atoms with Gasteiger partial charge >= 0.3 is 6.09 Å². The zero-order valence-corrected chi connectivity index (χ0v) is 13.5. The Morgan fingerprint density at radius 3 is 3.08 bits per heavy atom. The number of ether oxygens (including phenoxy) is 1. The number of fused-ring (bicyclic) bond motifs is 1. The first kappa shape index (κ1) is 15.1. The Hall–Kier alpha value is -2.48. The van der Waals surface area contributed by atoms with Crippen LogP contribution in [0.3, 0.4) is 0 Å². The molecule has 2 aromatic rings. The van der Waals surface area contributed by atoms with Gasteiger partial charge in [-0.15, -0.1) is 0 Å². The topological polar surface area (TPSA) is 84.6 Å². The summed E-state index contributed by atoms with van der Waals surface area (Å²) >= 11 is 0. The van der Waals surface area contributed by atoms with Crippen LogP contribution in [-0.4, -0.2) is 62.8 Å². The number of cyclic esters (lactones) is 1. The lowest BCUT2D eigenvalue weighted by atomic mass is 9.93. The van der Waals surface area contributed by atoms with E-state index in [-0.39, 0.29) is 11.6 Å². The van der Waals surface area contributed by atoms with Crippen molar-refractivity contribution in [3.05, 3.63) is 30.4 Å². The number of carbonyl (C=O) groups excluding carboxylic acids is 1. The highest BCUT2D eigenvalue weighted by Crippen LogP contribution is 2.32. The molecule has 4 heterocycles. The second kappa shape index (κ2) is 5.86. The minimum absolute atomic E-state index is 0.201. The van der Waals surface area contributed by atoms with Gasteiger partial charge in [-0.25, -0.2) is 4.79 Å². The van der Waals surface area contributed by atoms with Gasteiger partial charge in [-0.3, -0.25) is 14.8 Å². The van der Waals surface area contributed by atoms with E-state index in [0.29, 0.717) is 31.4 Å². The molecule has 1 amide bonds. The fourth-order valence-electron chi connectivity index (χ4n) is 3.40. The first-order chi connectivity index (χ1) is 11.7. The molecule has 2 fully saturated rings. The van der Waals surface area contributed by atoms with Gasteiger partial charge in [-0.2, -0.15) is 4.98 Å². The maximum atomic E-state index is 11.8. The highest BCUT2D eigenvalue weighted by molar-refractivity contribution is 5.71. The molecule has 0 aromatic carbocycles. The second-order valence-corrected chi connectivity index (χ2v) is 6.25. The molecule has 2 aromatic heterocycles. The molecule has 0 aliphatic carbocycles. The molecule has 0 bridgehead atoms. The van der Waals surface area contributed by atoms with Crippen LogP contribution in [0.5, 0.6) is 0 Å². The van der Waals surface area contributed by atoms with E-state index in [1.807, 2.05) is 17.0 Å². The van der Waals surface area contributed by atoms with Crippen LogP contribution in [0.25, 0.3) is 11.4 Å². The monoisotopic (exact) mass is 329 g/mol. The van der Waals surface area contributed by atoms with E-state index >= 15 is 0 Å². The summed E-state index contributed by atoms with van der Waals surface area (Å²) in [5.74, 6) is 1.11. The molecule has 2 saturated heterocycles. The highest BCUT2D eigenvalue weighted by Gasteiger charge is 2.49. The number of amides is 1. The first-order valence-corrected chi connectivity index (χ1v) is 8.10. The van der Waals surface area contributed by atoms with Crippen molar-refractivity contribution in [2.75, 3.05) is 26.2 Å². The van der Waals surface area contributed by atoms with Crippen molar-refractivity contribution >= 4 is 6.09 Å². The van der Waals surface area contributed by atoms with Crippen molar-refractivity contribution in [1.82, 2.24) is 24.9 Å². The van der Waals surface area contributed by atoms with E-state index in [1.165, 1.54) is 0 Å². The number of rotatable bonds is 4. The van der Waals surface area contributed by atoms with Crippen LogP contribution in [0.1, 0.15) is 19.2 Å². The van der Waals surface area contributed by atoms with Crippen LogP contribution in [0.4, 0.5) is 4.79 Å². The molecule has 1 unspecified atom stereocenters. The van der Waals surface area contributed by atoms with Crippen molar-refractivity contribution in [1.29, 1.82) is 0 Å². The SMILES string of the molecule is CCC12COC(=O)N1CCN(Cc1nc(-c3cccnc3)no1)C2. The van der Waals surface area contributed by atoms with E-state index in [1.54, 1.807) is 12.4 Å². The third-order valence-electron chi connectivity index (χ3n) is 4.82. The number of aromatic nitrogens is 3. The van der Waals surface area contributed by atoms with Crippen molar-refractivity contribution in [3.63, 3.8) is 0 Å². The quantitative estimate of drug-likeness (QED) is 0.841. The number of piperazine rings is 1. The average molecular weight is 329 g/mol. The smallest absolute Gasteiger partial charge is 0.410 e. The number of carbonyl (C=O) groups is 1. The standard InChI is InChI=1S/C16H19N5O3/c1-2-16-10-20(6-7-21(16)15(22)23-11-16)9-13-18-14(19-24-13)12-4-3-5-17-8-12/h3-5,8H,2,6-7,9-11H2,1H3. The molecule has 2 aliphatic heterocycles. The lowest BCUT2D eigenvalue weighted by molar-refractivity contribution is 0.0397. The Labute approximate surface area is 139 Å². The summed E-state index contributed by atoms with van der Waals surface area (Å²) in [5.41, 5.74) is 0.596. The molecule has 0 radical (unpaired) electrons. The average Bonchev–Trinajstić information content (AvgIpc) is 3.21. The van der Waals surface area contributed by atoms with Crippen LogP contribution in [0.2, 0.25) is 0 Å². The van der Waals surface area contributed by atoms with Crippen molar-refractivity contribution < 1.29 is 14.1 Å². The van der Waals surface area contributed by atoms with Crippen molar-refractivity contribution in [2.45, 2.75) is 25.4 Å². The van der Waals surface area contributed by atoms with Crippen molar-refractivity contribution in [2.24, 2.45) is 0 Å². The second-order valence-electron chi connectivity index (χ2n) is 6.25. The van der Waals surface area contributed by atoms with Gasteiger partial charge < -0.3 is 9.26 Å². The lowest BCUT2D eigenvalue weighted by Gasteiger charge is -2.43. The number of nitrogens with zero attached hydrogens (tertiary/aromatic N) is 5. The van der Waals surface area contributed by atoms with Crippen LogP contribution < -0.4 is 0 Å². The van der Waals surface area contributed by atoms with Gasteiger partial charge in [-0.1, -0.05) is 12.1 Å². The Bertz CT molecular complexity index is 734. The van der Waals surface area contributed by atoms with Gasteiger partial charge in [0.05, 0.1) is 12.1 Å². The van der Waals surface area contributed by atoms with E-state index in [4.69, 9.17) is 9.26 Å². The fraction of sp³-hybridized carbons (Fsp3) is 0.500. The Morgan fingerprint density at radius 1 is 1.38 bits per heavy atom. The van der Waals surface area contributed by atoms with Crippen molar-refractivity contribution in [3.8, 4) is 11.4 Å². The van der Waals surface area contributed by atoms with E-state index < -0.39 is 0 Å². The molecule has 126 valence electrons.